The molecule has 6 heteroatoms. The minimum atomic E-state index is -0.177. The first-order valence-corrected chi connectivity index (χ1v) is 7.96. The predicted molar refractivity (Wildman–Crippen MR) is 82.9 cm³/mol. The number of fused-ring (bicyclic) bond motifs is 1. The fraction of sp³-hybridized carbons (Fsp3) is 0.333. The van der Waals surface area contributed by atoms with E-state index in [0.29, 0.717) is 5.69 Å². The largest absolute Gasteiger partial charge is 0.496 e. The van der Waals surface area contributed by atoms with Crippen LogP contribution < -0.4 is 9.47 Å². The first-order valence-electron chi connectivity index (χ1n) is 6.55. The monoisotopic (exact) mass is 323 g/mol. The number of ether oxygens (including phenoxy) is 2. The number of benzene rings is 1. The topological polar surface area (TPSA) is 48.4 Å². The third-order valence-electron chi connectivity index (χ3n) is 3.36. The van der Waals surface area contributed by atoms with Gasteiger partial charge in [-0.15, -0.1) is 22.9 Å². The molecule has 1 atom stereocenters. The molecule has 1 unspecified atom stereocenters. The number of aromatic nitrogens is 1. The third kappa shape index (κ3) is 2.63. The van der Waals surface area contributed by atoms with E-state index in [2.05, 4.69) is 4.98 Å². The molecule has 1 aliphatic rings. The second-order valence-electron chi connectivity index (χ2n) is 4.89. The number of hydrogen-bond acceptors (Lipinski definition) is 5. The number of methoxy groups -OCH3 is 1. The van der Waals surface area contributed by atoms with Crippen molar-refractivity contribution in [2.45, 2.75) is 19.4 Å². The molecule has 0 spiro atoms. The maximum atomic E-state index is 11.6. The standard InChI is InChI=1S/C15H14ClNO3S/c1-8-3-9-4-14(19-2)10(5-13(9)20-8)15-17-11(7-21-15)12(18)6-16/h4-5,7-8H,3,6H2,1-2H3. The molecule has 0 radical (unpaired) electrons. The number of carbonyl (C=O) groups is 1. The molecular formula is C15H14ClNO3S. The van der Waals surface area contributed by atoms with Crippen LogP contribution in [-0.2, 0) is 6.42 Å². The van der Waals surface area contributed by atoms with Gasteiger partial charge in [-0.05, 0) is 19.1 Å². The van der Waals surface area contributed by atoms with Crippen LogP contribution in [0.2, 0.25) is 0 Å². The average molecular weight is 324 g/mol. The van der Waals surface area contributed by atoms with Crippen molar-refractivity contribution in [3.05, 3.63) is 28.8 Å². The van der Waals surface area contributed by atoms with Crippen molar-refractivity contribution < 1.29 is 14.3 Å². The number of halogens is 1. The summed E-state index contributed by atoms with van der Waals surface area (Å²) in [5, 5.41) is 2.45. The lowest BCUT2D eigenvalue weighted by Gasteiger charge is -2.09. The zero-order valence-electron chi connectivity index (χ0n) is 11.7. The molecule has 4 nitrogen and oxygen atoms in total. The van der Waals surface area contributed by atoms with Crippen molar-refractivity contribution in [1.29, 1.82) is 0 Å². The Bertz CT molecular complexity index is 698. The highest BCUT2D eigenvalue weighted by Gasteiger charge is 2.23. The van der Waals surface area contributed by atoms with Crippen LogP contribution in [-0.4, -0.2) is 29.9 Å². The van der Waals surface area contributed by atoms with E-state index in [1.54, 1.807) is 12.5 Å². The minimum absolute atomic E-state index is 0.0644. The Morgan fingerprint density at radius 1 is 1.57 bits per heavy atom. The predicted octanol–water partition coefficient (Wildman–Crippen LogP) is 3.56. The van der Waals surface area contributed by atoms with Crippen LogP contribution >= 0.6 is 22.9 Å². The lowest BCUT2D eigenvalue weighted by Crippen LogP contribution is -2.05. The number of carbonyl (C=O) groups excluding carboxylic acids is 1. The fourth-order valence-electron chi connectivity index (χ4n) is 2.37. The maximum Gasteiger partial charge on any atom is 0.196 e. The Balaban J connectivity index is 2.04. The molecule has 110 valence electrons. The van der Waals surface area contributed by atoms with Crippen molar-refractivity contribution in [2.24, 2.45) is 0 Å². The van der Waals surface area contributed by atoms with Gasteiger partial charge in [-0.25, -0.2) is 4.98 Å². The summed E-state index contributed by atoms with van der Waals surface area (Å²) in [6, 6.07) is 3.92. The van der Waals surface area contributed by atoms with E-state index in [-0.39, 0.29) is 17.8 Å². The SMILES string of the molecule is COc1cc2c(cc1-c1nc(C(=O)CCl)cs1)OC(C)C2. The van der Waals surface area contributed by atoms with Gasteiger partial charge in [0.25, 0.3) is 0 Å². The summed E-state index contributed by atoms with van der Waals surface area (Å²) in [7, 11) is 1.63. The number of hydrogen-bond donors (Lipinski definition) is 0. The summed E-state index contributed by atoms with van der Waals surface area (Å²) in [5.74, 6) is 1.36. The Hall–Kier alpha value is -1.59. The Morgan fingerprint density at radius 2 is 2.38 bits per heavy atom. The normalized spacial score (nSPS) is 16.4. The van der Waals surface area contributed by atoms with E-state index in [4.69, 9.17) is 21.1 Å². The smallest absolute Gasteiger partial charge is 0.196 e. The molecule has 0 fully saturated rings. The zero-order valence-corrected chi connectivity index (χ0v) is 13.3. The van der Waals surface area contributed by atoms with Gasteiger partial charge < -0.3 is 9.47 Å². The van der Waals surface area contributed by atoms with E-state index in [1.807, 2.05) is 19.1 Å². The molecule has 0 N–H and O–H groups in total. The highest BCUT2D eigenvalue weighted by atomic mass is 35.5. The molecule has 0 bridgehead atoms. The first kappa shape index (κ1) is 14.4. The fourth-order valence-corrected chi connectivity index (χ4v) is 3.35. The van der Waals surface area contributed by atoms with Gasteiger partial charge in [0, 0.05) is 17.4 Å². The minimum Gasteiger partial charge on any atom is -0.496 e. The highest BCUT2D eigenvalue weighted by molar-refractivity contribution is 7.13. The van der Waals surface area contributed by atoms with E-state index in [0.717, 1.165) is 34.1 Å². The summed E-state index contributed by atoms with van der Waals surface area (Å²) >= 11 is 6.96. The third-order valence-corrected chi connectivity index (χ3v) is 4.48. The molecule has 1 aliphatic heterocycles. The molecule has 0 aliphatic carbocycles. The van der Waals surface area contributed by atoms with Gasteiger partial charge in [0.1, 0.15) is 28.3 Å². The van der Waals surface area contributed by atoms with Crippen molar-refractivity contribution in [3.63, 3.8) is 0 Å². The van der Waals surface area contributed by atoms with Gasteiger partial charge in [0.15, 0.2) is 5.78 Å². The van der Waals surface area contributed by atoms with Crippen LogP contribution in [0.4, 0.5) is 0 Å². The summed E-state index contributed by atoms with van der Waals surface area (Å²) in [4.78, 5) is 16.0. The van der Waals surface area contributed by atoms with Crippen LogP contribution in [0.3, 0.4) is 0 Å². The summed E-state index contributed by atoms with van der Waals surface area (Å²) in [6.07, 6.45) is 1.05. The van der Waals surface area contributed by atoms with Crippen molar-refractivity contribution in [2.75, 3.05) is 13.0 Å². The van der Waals surface area contributed by atoms with Gasteiger partial charge in [-0.1, -0.05) is 0 Å². The molecule has 0 amide bonds. The second-order valence-corrected chi connectivity index (χ2v) is 6.01. The highest BCUT2D eigenvalue weighted by Crippen LogP contribution is 2.40. The van der Waals surface area contributed by atoms with E-state index in [1.165, 1.54) is 11.3 Å². The maximum absolute atomic E-state index is 11.6. The molecule has 0 saturated heterocycles. The number of nitrogens with zero attached hydrogens (tertiary/aromatic N) is 1. The molecule has 2 aromatic rings. The molecule has 0 saturated carbocycles. The number of thiazole rings is 1. The Kier molecular flexibility index (Phi) is 3.87. The van der Waals surface area contributed by atoms with E-state index in [9.17, 15) is 4.79 Å². The number of Topliss-reactive ketones (excluding diaryl/α,β-unsaturated/α-hetero) is 1. The quantitative estimate of drug-likeness (QED) is 0.637. The summed E-state index contributed by atoms with van der Waals surface area (Å²) in [6.45, 7) is 2.03. The van der Waals surface area contributed by atoms with Gasteiger partial charge in [-0.2, -0.15) is 0 Å². The zero-order chi connectivity index (χ0) is 15.0. The second kappa shape index (κ2) is 5.66. The van der Waals surface area contributed by atoms with Crippen LogP contribution in [0.25, 0.3) is 10.6 Å². The Labute approximate surface area is 131 Å². The molecule has 1 aromatic carbocycles. The van der Waals surface area contributed by atoms with E-state index < -0.39 is 0 Å². The van der Waals surface area contributed by atoms with Crippen LogP contribution in [0.5, 0.6) is 11.5 Å². The van der Waals surface area contributed by atoms with Crippen LogP contribution in [0.15, 0.2) is 17.5 Å². The average Bonchev–Trinajstić information content (AvgIpc) is 3.09. The number of ketones is 1. The number of rotatable bonds is 4. The van der Waals surface area contributed by atoms with Gasteiger partial charge in [-0.3, -0.25) is 4.79 Å². The van der Waals surface area contributed by atoms with Gasteiger partial charge in [0.05, 0.1) is 18.6 Å². The summed E-state index contributed by atoms with van der Waals surface area (Å²) in [5.41, 5.74) is 2.36. The first-order chi connectivity index (χ1) is 10.1. The van der Waals surface area contributed by atoms with Crippen molar-refractivity contribution in [1.82, 2.24) is 4.98 Å². The number of alkyl halides is 1. The van der Waals surface area contributed by atoms with Crippen molar-refractivity contribution in [3.8, 4) is 22.1 Å². The van der Waals surface area contributed by atoms with Crippen LogP contribution in [0, 0.1) is 0 Å². The van der Waals surface area contributed by atoms with Gasteiger partial charge in [0.2, 0.25) is 0 Å². The lowest BCUT2D eigenvalue weighted by molar-refractivity contribution is 0.101. The lowest BCUT2D eigenvalue weighted by atomic mass is 10.1. The van der Waals surface area contributed by atoms with E-state index >= 15 is 0 Å². The molecule has 1 aromatic heterocycles. The van der Waals surface area contributed by atoms with Crippen LogP contribution in [0.1, 0.15) is 23.0 Å². The van der Waals surface area contributed by atoms with Gasteiger partial charge >= 0.3 is 0 Å². The van der Waals surface area contributed by atoms with Crippen molar-refractivity contribution >= 4 is 28.7 Å². The molecular weight excluding hydrogens is 310 g/mol. The molecule has 3 rings (SSSR count). The Morgan fingerprint density at radius 3 is 3.10 bits per heavy atom. The summed E-state index contributed by atoms with van der Waals surface area (Å²) < 4.78 is 11.2. The molecule has 21 heavy (non-hydrogen) atoms. The molecule has 2 heterocycles.